The van der Waals surface area contributed by atoms with E-state index >= 15 is 0 Å². The highest BCUT2D eigenvalue weighted by Gasteiger charge is 2.13. The third kappa shape index (κ3) is 3.19. The van der Waals surface area contributed by atoms with Gasteiger partial charge in [-0.05, 0) is 18.6 Å². The van der Waals surface area contributed by atoms with Gasteiger partial charge >= 0.3 is 5.97 Å². The van der Waals surface area contributed by atoms with Crippen molar-refractivity contribution in [2.75, 3.05) is 12.9 Å². The number of hydrogen-bond donors (Lipinski definition) is 0. The molecule has 1 aliphatic rings. The summed E-state index contributed by atoms with van der Waals surface area (Å²) in [6.45, 7) is 0. The summed E-state index contributed by atoms with van der Waals surface area (Å²) in [4.78, 5) is 10.6. The molecule has 1 aliphatic heterocycles. The van der Waals surface area contributed by atoms with Crippen molar-refractivity contribution in [3.05, 3.63) is 0 Å². The van der Waals surface area contributed by atoms with Crippen LogP contribution in [0.3, 0.4) is 0 Å². The first-order chi connectivity index (χ1) is 5.83. The minimum Gasteiger partial charge on any atom is -0.459 e. The lowest BCUT2D eigenvalue weighted by Gasteiger charge is -1.99. The highest BCUT2D eigenvalue weighted by molar-refractivity contribution is 8.00. The predicted octanol–water partition coefficient (Wildman–Crippen LogP) is 1.45. The molecule has 66 valence electrons. The summed E-state index contributed by atoms with van der Waals surface area (Å²) in [7, 11) is 1.35. The molecular formula is C9H12O2S. The molecule has 2 nitrogen and oxygen atoms in total. The first kappa shape index (κ1) is 9.47. The molecule has 0 N–H and O–H groups in total. The van der Waals surface area contributed by atoms with Crippen molar-refractivity contribution in [3.63, 3.8) is 0 Å². The Hall–Kier alpha value is -0.620. The van der Waals surface area contributed by atoms with Crippen molar-refractivity contribution in [1.29, 1.82) is 0 Å². The summed E-state index contributed by atoms with van der Waals surface area (Å²) >= 11 is 1.95. The van der Waals surface area contributed by atoms with Crippen LogP contribution in [0.4, 0.5) is 0 Å². The first-order valence-corrected chi connectivity index (χ1v) is 5.06. The highest BCUT2D eigenvalue weighted by atomic mass is 32.2. The number of hydrogen-bond acceptors (Lipinski definition) is 3. The summed E-state index contributed by atoms with van der Waals surface area (Å²) in [5.41, 5.74) is 0. The van der Waals surface area contributed by atoms with Crippen LogP contribution in [0, 0.1) is 11.8 Å². The largest absolute Gasteiger partial charge is 0.459 e. The van der Waals surface area contributed by atoms with Crippen LogP contribution in [0.5, 0.6) is 0 Å². The Morgan fingerprint density at radius 3 is 3.17 bits per heavy atom. The lowest BCUT2D eigenvalue weighted by molar-refractivity contribution is -0.133. The van der Waals surface area contributed by atoms with Crippen molar-refractivity contribution in [1.82, 2.24) is 0 Å². The third-order valence-electron chi connectivity index (χ3n) is 1.73. The van der Waals surface area contributed by atoms with Gasteiger partial charge in [-0.1, -0.05) is 5.92 Å². The Kier molecular flexibility index (Phi) is 4.02. The van der Waals surface area contributed by atoms with Gasteiger partial charge < -0.3 is 4.74 Å². The van der Waals surface area contributed by atoms with Gasteiger partial charge in [0.05, 0.1) is 7.11 Å². The maximum Gasteiger partial charge on any atom is 0.384 e. The van der Waals surface area contributed by atoms with E-state index in [1.54, 1.807) is 0 Å². The quantitative estimate of drug-likeness (QED) is 0.350. The number of ether oxygens (including phenoxy) is 1. The Morgan fingerprint density at radius 2 is 2.58 bits per heavy atom. The van der Waals surface area contributed by atoms with Crippen LogP contribution in [0.1, 0.15) is 19.3 Å². The maximum atomic E-state index is 10.6. The molecular weight excluding hydrogens is 172 g/mol. The molecule has 12 heavy (non-hydrogen) atoms. The second-order valence-corrected chi connectivity index (χ2v) is 4.04. The zero-order valence-electron chi connectivity index (χ0n) is 7.13. The van der Waals surface area contributed by atoms with Crippen LogP contribution in [0.2, 0.25) is 0 Å². The monoisotopic (exact) mass is 184 g/mol. The first-order valence-electron chi connectivity index (χ1n) is 4.01. The van der Waals surface area contributed by atoms with Crippen LogP contribution in [-0.2, 0) is 9.53 Å². The predicted molar refractivity (Wildman–Crippen MR) is 49.9 cm³/mol. The molecule has 1 rings (SSSR count). The second kappa shape index (κ2) is 5.10. The summed E-state index contributed by atoms with van der Waals surface area (Å²) < 4.78 is 4.40. The standard InChI is InChI=1S/C9H12O2S/c1-11-9(10)6-2-4-8-5-3-7-12-8/h8H,3-5,7H2,1H3. The number of carbonyl (C=O) groups excluding carboxylic acids is 1. The lowest BCUT2D eigenvalue weighted by Crippen LogP contribution is -1.97. The summed E-state index contributed by atoms with van der Waals surface area (Å²) in [6, 6.07) is 0. The minimum atomic E-state index is -0.432. The molecule has 1 saturated heterocycles. The van der Waals surface area contributed by atoms with Gasteiger partial charge in [-0.3, -0.25) is 0 Å². The fourth-order valence-corrected chi connectivity index (χ4v) is 2.29. The second-order valence-electron chi connectivity index (χ2n) is 2.63. The normalized spacial score (nSPS) is 21.2. The SMILES string of the molecule is COC(=O)C#CCC1CCCS1. The molecule has 0 aromatic rings. The van der Waals surface area contributed by atoms with E-state index in [0.717, 1.165) is 6.42 Å². The zero-order chi connectivity index (χ0) is 8.81. The third-order valence-corrected chi connectivity index (χ3v) is 3.13. The van der Waals surface area contributed by atoms with Crippen LogP contribution < -0.4 is 0 Å². The van der Waals surface area contributed by atoms with Gasteiger partial charge in [0.2, 0.25) is 0 Å². The van der Waals surface area contributed by atoms with Gasteiger partial charge in [0.25, 0.3) is 0 Å². The molecule has 1 unspecified atom stereocenters. The molecule has 0 bridgehead atoms. The number of methoxy groups -OCH3 is 1. The molecule has 0 aromatic heterocycles. The van der Waals surface area contributed by atoms with E-state index in [-0.39, 0.29) is 0 Å². The topological polar surface area (TPSA) is 26.3 Å². The average molecular weight is 184 g/mol. The van der Waals surface area contributed by atoms with Crippen molar-refractivity contribution < 1.29 is 9.53 Å². The van der Waals surface area contributed by atoms with Crippen LogP contribution in [-0.4, -0.2) is 24.1 Å². The average Bonchev–Trinajstić information content (AvgIpc) is 2.57. The molecule has 1 atom stereocenters. The number of esters is 1. The molecule has 0 radical (unpaired) electrons. The van der Waals surface area contributed by atoms with E-state index in [1.807, 2.05) is 11.8 Å². The molecule has 0 aromatic carbocycles. The van der Waals surface area contributed by atoms with E-state index < -0.39 is 5.97 Å². The Bertz CT molecular complexity index is 208. The van der Waals surface area contributed by atoms with Crippen LogP contribution in [0.25, 0.3) is 0 Å². The smallest absolute Gasteiger partial charge is 0.384 e. The van der Waals surface area contributed by atoms with Gasteiger partial charge in [0.15, 0.2) is 0 Å². The fraction of sp³-hybridized carbons (Fsp3) is 0.667. The number of rotatable bonds is 1. The number of carbonyl (C=O) groups is 1. The molecule has 0 saturated carbocycles. The Morgan fingerprint density at radius 1 is 1.75 bits per heavy atom. The van der Waals surface area contributed by atoms with Crippen molar-refractivity contribution in [3.8, 4) is 11.8 Å². The maximum absolute atomic E-state index is 10.6. The van der Waals surface area contributed by atoms with Gasteiger partial charge in [-0.15, -0.1) is 0 Å². The summed E-state index contributed by atoms with van der Waals surface area (Å²) in [5, 5.41) is 0.641. The summed E-state index contributed by atoms with van der Waals surface area (Å²) in [5.74, 6) is 6.08. The molecule has 0 amide bonds. The van der Waals surface area contributed by atoms with Crippen LogP contribution in [0.15, 0.2) is 0 Å². The Balaban J connectivity index is 2.21. The Labute approximate surface area is 77.1 Å². The summed E-state index contributed by atoms with van der Waals surface area (Å²) in [6.07, 6.45) is 3.34. The highest BCUT2D eigenvalue weighted by Crippen LogP contribution is 2.27. The van der Waals surface area contributed by atoms with Crippen molar-refractivity contribution in [2.45, 2.75) is 24.5 Å². The van der Waals surface area contributed by atoms with Crippen LogP contribution >= 0.6 is 11.8 Å². The van der Waals surface area contributed by atoms with E-state index in [0.29, 0.717) is 5.25 Å². The molecule has 0 aliphatic carbocycles. The van der Waals surface area contributed by atoms with E-state index in [2.05, 4.69) is 16.6 Å². The van der Waals surface area contributed by atoms with E-state index in [9.17, 15) is 4.79 Å². The van der Waals surface area contributed by atoms with E-state index in [1.165, 1.54) is 25.7 Å². The van der Waals surface area contributed by atoms with Crippen molar-refractivity contribution >= 4 is 17.7 Å². The molecule has 0 spiro atoms. The van der Waals surface area contributed by atoms with Gasteiger partial charge in [0, 0.05) is 17.6 Å². The van der Waals surface area contributed by atoms with Crippen molar-refractivity contribution in [2.24, 2.45) is 0 Å². The molecule has 3 heteroatoms. The van der Waals surface area contributed by atoms with E-state index in [4.69, 9.17) is 0 Å². The van der Waals surface area contributed by atoms with Gasteiger partial charge in [-0.2, -0.15) is 11.8 Å². The van der Waals surface area contributed by atoms with Gasteiger partial charge in [-0.25, -0.2) is 4.79 Å². The fourth-order valence-electron chi connectivity index (χ4n) is 1.09. The molecule has 1 heterocycles. The number of thioether (sulfide) groups is 1. The van der Waals surface area contributed by atoms with Gasteiger partial charge in [0.1, 0.15) is 0 Å². The minimum absolute atomic E-state index is 0.432. The zero-order valence-corrected chi connectivity index (χ0v) is 7.95. The lowest BCUT2D eigenvalue weighted by atomic mass is 10.2. The molecule has 1 fully saturated rings.